The minimum absolute atomic E-state index is 0.0124. The second-order valence-corrected chi connectivity index (χ2v) is 12.3. The predicted molar refractivity (Wildman–Crippen MR) is 132 cm³/mol. The van der Waals surface area contributed by atoms with Gasteiger partial charge < -0.3 is 15.0 Å². The number of hydrogen-bond donors (Lipinski definition) is 1. The first-order valence-corrected chi connectivity index (χ1v) is 14.6. The number of benzene rings is 1. The van der Waals surface area contributed by atoms with E-state index in [2.05, 4.69) is 17.1 Å². The van der Waals surface area contributed by atoms with Gasteiger partial charge in [-0.25, -0.2) is 17.8 Å². The van der Waals surface area contributed by atoms with Gasteiger partial charge in [-0.1, -0.05) is 6.92 Å². The topological polar surface area (TPSA) is 91.3 Å². The Labute approximate surface area is 206 Å². The highest BCUT2D eigenvalue weighted by molar-refractivity contribution is 7.90. The van der Waals surface area contributed by atoms with Crippen LogP contribution in [0.3, 0.4) is 0 Å². The fourth-order valence-corrected chi connectivity index (χ4v) is 6.14. The Hall–Kier alpha value is -2.20. The van der Waals surface area contributed by atoms with Crippen molar-refractivity contribution in [3.8, 4) is 0 Å². The summed E-state index contributed by atoms with van der Waals surface area (Å²) in [6.07, 6.45) is 7.01. The van der Waals surface area contributed by atoms with Crippen molar-refractivity contribution in [3.05, 3.63) is 24.0 Å². The molecule has 3 heterocycles. The first kappa shape index (κ1) is 24.5. The van der Waals surface area contributed by atoms with Crippen molar-refractivity contribution < 1.29 is 22.3 Å². The summed E-state index contributed by atoms with van der Waals surface area (Å²) in [6, 6.07) is 3.44. The van der Waals surface area contributed by atoms with Crippen LogP contribution in [0.2, 0.25) is 0 Å². The van der Waals surface area contributed by atoms with Crippen LogP contribution in [0.25, 0.3) is 0 Å². The minimum Gasteiger partial charge on any atom is -0.480 e. The first-order valence-electron chi connectivity index (χ1n) is 12.8. The number of anilines is 1. The normalized spacial score (nSPS) is 28.7. The summed E-state index contributed by atoms with van der Waals surface area (Å²) in [5.41, 5.74) is 0.155. The molecule has 2 saturated heterocycles. The van der Waals surface area contributed by atoms with Crippen molar-refractivity contribution in [2.45, 2.75) is 68.6 Å². The van der Waals surface area contributed by atoms with Gasteiger partial charge in [-0.2, -0.15) is 0 Å². The molecule has 3 fully saturated rings. The minimum atomic E-state index is -3.49. The summed E-state index contributed by atoms with van der Waals surface area (Å²) >= 11 is 0. The van der Waals surface area contributed by atoms with E-state index in [9.17, 15) is 17.6 Å². The molecule has 1 amide bonds. The van der Waals surface area contributed by atoms with Gasteiger partial charge in [0.15, 0.2) is 15.7 Å². The lowest BCUT2D eigenvalue weighted by molar-refractivity contribution is -0.131. The highest BCUT2D eigenvalue weighted by Crippen LogP contribution is 2.36. The van der Waals surface area contributed by atoms with Crippen molar-refractivity contribution in [3.63, 3.8) is 0 Å². The summed E-state index contributed by atoms with van der Waals surface area (Å²) in [4.78, 5) is 22.5. The number of carbonyl (C=O) groups is 1. The number of piperidine rings is 1. The molecule has 3 aliphatic heterocycles. The van der Waals surface area contributed by atoms with Crippen LogP contribution in [0.5, 0.6) is 0 Å². The van der Waals surface area contributed by atoms with E-state index < -0.39 is 21.7 Å². The third-order valence-electron chi connectivity index (χ3n) is 7.83. The molecule has 1 aliphatic carbocycles. The molecule has 0 bridgehead atoms. The molecule has 0 spiro atoms. The Bertz CT molecular complexity index is 1100. The van der Waals surface area contributed by atoms with E-state index in [-0.39, 0.29) is 28.7 Å². The summed E-state index contributed by atoms with van der Waals surface area (Å²) in [6.45, 7) is 5.38. The van der Waals surface area contributed by atoms with Gasteiger partial charge in [-0.15, -0.1) is 0 Å². The van der Waals surface area contributed by atoms with Gasteiger partial charge in [0.1, 0.15) is 18.0 Å². The van der Waals surface area contributed by atoms with E-state index in [0.29, 0.717) is 24.8 Å². The molecule has 0 aromatic heterocycles. The molecule has 3 unspecified atom stereocenters. The molecule has 10 heteroatoms. The van der Waals surface area contributed by atoms with Gasteiger partial charge in [0, 0.05) is 43.8 Å². The lowest BCUT2D eigenvalue weighted by Crippen LogP contribution is -2.52. The van der Waals surface area contributed by atoms with Crippen molar-refractivity contribution in [2.24, 2.45) is 16.8 Å². The zero-order chi connectivity index (χ0) is 24.7. The number of rotatable bonds is 7. The third kappa shape index (κ3) is 5.18. The van der Waals surface area contributed by atoms with Crippen LogP contribution in [0.4, 0.5) is 10.1 Å². The predicted octanol–water partition coefficient (Wildman–Crippen LogP) is 2.90. The maximum absolute atomic E-state index is 14.5. The molecule has 5 rings (SSSR count). The molecule has 8 nitrogen and oxygen atoms in total. The molecule has 1 aromatic rings. The number of halogens is 1. The van der Waals surface area contributed by atoms with E-state index in [1.165, 1.54) is 25.0 Å². The zero-order valence-corrected chi connectivity index (χ0v) is 21.3. The maximum atomic E-state index is 14.5. The molecule has 1 N–H and O–H groups in total. The van der Waals surface area contributed by atoms with Crippen LogP contribution in [-0.2, 0) is 19.4 Å². The molecule has 1 saturated carbocycles. The number of amides is 1. The van der Waals surface area contributed by atoms with Crippen LogP contribution in [0, 0.1) is 17.7 Å². The second kappa shape index (κ2) is 9.69. The molecule has 1 aromatic carbocycles. The van der Waals surface area contributed by atoms with Gasteiger partial charge in [0.25, 0.3) is 0 Å². The van der Waals surface area contributed by atoms with Crippen molar-refractivity contribution in [1.29, 1.82) is 0 Å². The monoisotopic (exact) mass is 506 g/mol. The van der Waals surface area contributed by atoms with E-state index in [4.69, 9.17) is 9.73 Å². The molecular weight excluding hydrogens is 471 g/mol. The standard InChI is InChI=1S/C25H35FN4O4S/c1-3-16-15-34-24(17-4-5-17)28-23(16)29-11-8-18(9-12-29)30-13-10-22(25(30)31)27-21-7-6-19(14-20(21)26)35(2,32)33/h6-7,14,16-18,22-23,27H,3-5,8-13,15H2,1-2H3. The SMILES string of the molecule is CCC1COC(C2CC2)=NC1N1CCC(N2CCC(Nc3ccc(S(C)(=O)=O)cc3F)C2=O)CC1. The Balaban J connectivity index is 1.18. The van der Waals surface area contributed by atoms with Crippen molar-refractivity contribution >= 4 is 27.3 Å². The summed E-state index contributed by atoms with van der Waals surface area (Å²) < 4.78 is 43.7. The van der Waals surface area contributed by atoms with Crippen LogP contribution >= 0.6 is 0 Å². The summed E-state index contributed by atoms with van der Waals surface area (Å²) in [5.74, 6) is 1.19. The van der Waals surface area contributed by atoms with Gasteiger partial charge in [0.05, 0.1) is 17.2 Å². The zero-order valence-electron chi connectivity index (χ0n) is 20.5. The van der Waals surface area contributed by atoms with Crippen LogP contribution in [-0.4, -0.2) is 80.8 Å². The molecule has 0 radical (unpaired) electrons. The number of nitrogens with zero attached hydrogens (tertiary/aromatic N) is 3. The first-order chi connectivity index (χ1) is 16.7. The number of hydrogen-bond acceptors (Lipinski definition) is 7. The highest BCUT2D eigenvalue weighted by Gasteiger charge is 2.41. The summed E-state index contributed by atoms with van der Waals surface area (Å²) in [7, 11) is -3.49. The lowest BCUT2D eigenvalue weighted by Gasteiger charge is -2.42. The van der Waals surface area contributed by atoms with E-state index >= 15 is 0 Å². The smallest absolute Gasteiger partial charge is 0.245 e. The van der Waals surface area contributed by atoms with Crippen molar-refractivity contribution in [1.82, 2.24) is 9.80 Å². The van der Waals surface area contributed by atoms with Crippen LogP contribution in [0.15, 0.2) is 28.1 Å². The maximum Gasteiger partial charge on any atom is 0.245 e. The van der Waals surface area contributed by atoms with E-state index in [1.807, 2.05) is 4.90 Å². The van der Waals surface area contributed by atoms with Crippen LogP contribution < -0.4 is 5.32 Å². The Morgan fingerprint density at radius 2 is 1.89 bits per heavy atom. The number of sulfone groups is 1. The average Bonchev–Trinajstić information content (AvgIpc) is 3.63. The second-order valence-electron chi connectivity index (χ2n) is 10.3. The van der Waals surface area contributed by atoms with Gasteiger partial charge >= 0.3 is 0 Å². The Kier molecular flexibility index (Phi) is 6.78. The fraction of sp³-hybridized carbons (Fsp3) is 0.680. The number of aliphatic imine (C=N–C) groups is 1. The Morgan fingerprint density at radius 1 is 1.14 bits per heavy atom. The third-order valence-corrected chi connectivity index (χ3v) is 8.94. The van der Waals surface area contributed by atoms with E-state index in [1.54, 1.807) is 0 Å². The number of carbonyl (C=O) groups excluding carboxylic acids is 1. The lowest BCUT2D eigenvalue weighted by atomic mass is 9.97. The summed E-state index contributed by atoms with van der Waals surface area (Å²) in [5, 5.41) is 3.00. The molecular formula is C25H35FN4O4S. The van der Waals surface area contributed by atoms with Gasteiger partial charge in [-0.05, 0) is 56.7 Å². The van der Waals surface area contributed by atoms with E-state index in [0.717, 1.165) is 57.2 Å². The number of nitrogens with one attached hydrogen (secondary N) is 1. The fourth-order valence-electron chi connectivity index (χ4n) is 5.51. The molecule has 192 valence electrons. The quantitative estimate of drug-likeness (QED) is 0.612. The molecule has 35 heavy (non-hydrogen) atoms. The van der Waals surface area contributed by atoms with Gasteiger partial charge in [-0.3, -0.25) is 9.69 Å². The number of ether oxygens (including phenoxy) is 1. The largest absolute Gasteiger partial charge is 0.480 e. The molecule has 4 aliphatic rings. The average molecular weight is 507 g/mol. The Morgan fingerprint density at radius 3 is 2.51 bits per heavy atom. The number of likely N-dealkylation sites (tertiary alicyclic amines) is 2. The van der Waals surface area contributed by atoms with Gasteiger partial charge in [0.2, 0.25) is 5.91 Å². The highest BCUT2D eigenvalue weighted by atomic mass is 32.2. The molecule has 3 atom stereocenters. The van der Waals surface area contributed by atoms with Crippen molar-refractivity contribution in [2.75, 3.05) is 37.8 Å². The van der Waals surface area contributed by atoms with Crippen LogP contribution in [0.1, 0.15) is 45.4 Å².